The van der Waals surface area contributed by atoms with Gasteiger partial charge in [-0.15, -0.1) is 11.3 Å². The largest absolute Gasteiger partial charge is 0.455 e. The lowest BCUT2D eigenvalue weighted by Crippen LogP contribution is -2.15. The number of fused-ring (bicyclic) bond motifs is 1. The van der Waals surface area contributed by atoms with Gasteiger partial charge in [-0.2, -0.15) is 5.10 Å². The smallest absolute Gasteiger partial charge is 0.343 e. The summed E-state index contributed by atoms with van der Waals surface area (Å²) in [5.74, 6) is -0.571. The van der Waals surface area contributed by atoms with Crippen LogP contribution in [0, 0.1) is 6.92 Å². The van der Waals surface area contributed by atoms with Crippen LogP contribution in [-0.2, 0) is 17.9 Å². The lowest BCUT2D eigenvalue weighted by molar-refractivity contribution is 0.0467. The van der Waals surface area contributed by atoms with E-state index in [1.807, 2.05) is 0 Å². The SMILES string of the molecule is CCCCn1nc(C)c(C(=O)OCc2cc(=O)n3ccsc3n2)c1Cl. The Morgan fingerprint density at radius 3 is 3.00 bits per heavy atom. The first-order valence-corrected chi connectivity index (χ1v) is 9.12. The Bertz CT molecular complexity index is 976. The van der Waals surface area contributed by atoms with Gasteiger partial charge in [0.25, 0.3) is 5.56 Å². The van der Waals surface area contributed by atoms with E-state index in [4.69, 9.17) is 16.3 Å². The Morgan fingerprint density at radius 2 is 2.24 bits per heavy atom. The number of ether oxygens (including phenoxy) is 1. The minimum Gasteiger partial charge on any atom is -0.455 e. The van der Waals surface area contributed by atoms with Crippen LogP contribution in [-0.4, -0.2) is 25.1 Å². The van der Waals surface area contributed by atoms with Crippen LogP contribution in [0.4, 0.5) is 0 Å². The maximum atomic E-state index is 12.4. The van der Waals surface area contributed by atoms with Crippen molar-refractivity contribution in [3.05, 3.63) is 50.1 Å². The average molecular weight is 381 g/mol. The predicted molar refractivity (Wildman–Crippen MR) is 95.3 cm³/mol. The first-order chi connectivity index (χ1) is 12.0. The van der Waals surface area contributed by atoms with Crippen LogP contribution in [0.3, 0.4) is 0 Å². The molecule has 0 saturated carbocycles. The number of carbonyl (C=O) groups is 1. The number of halogens is 1. The van der Waals surface area contributed by atoms with Crippen LogP contribution in [0.25, 0.3) is 4.96 Å². The van der Waals surface area contributed by atoms with E-state index >= 15 is 0 Å². The highest BCUT2D eigenvalue weighted by Gasteiger charge is 2.21. The number of unbranched alkanes of at least 4 members (excludes halogenated alkanes) is 1. The molecular weight excluding hydrogens is 364 g/mol. The second-order valence-electron chi connectivity index (χ2n) is 5.55. The molecule has 3 aromatic rings. The molecule has 0 atom stereocenters. The molecule has 132 valence electrons. The number of carbonyl (C=O) groups excluding carboxylic acids is 1. The summed E-state index contributed by atoms with van der Waals surface area (Å²) in [5.41, 5.74) is 0.964. The highest BCUT2D eigenvalue weighted by Crippen LogP contribution is 2.21. The van der Waals surface area contributed by atoms with Crippen molar-refractivity contribution in [3.63, 3.8) is 0 Å². The van der Waals surface area contributed by atoms with E-state index in [1.54, 1.807) is 23.2 Å². The highest BCUT2D eigenvalue weighted by molar-refractivity contribution is 7.15. The van der Waals surface area contributed by atoms with Crippen molar-refractivity contribution < 1.29 is 9.53 Å². The number of thiazole rings is 1. The molecule has 0 N–H and O–H groups in total. The van der Waals surface area contributed by atoms with Gasteiger partial charge in [-0.25, -0.2) is 9.78 Å². The molecule has 0 radical (unpaired) electrons. The third-order valence-electron chi connectivity index (χ3n) is 3.70. The summed E-state index contributed by atoms with van der Waals surface area (Å²) in [7, 11) is 0. The molecule has 0 aromatic carbocycles. The molecule has 3 rings (SSSR count). The van der Waals surface area contributed by atoms with Gasteiger partial charge in [-0.05, 0) is 13.3 Å². The van der Waals surface area contributed by atoms with Crippen LogP contribution in [0.15, 0.2) is 22.4 Å². The van der Waals surface area contributed by atoms with Gasteiger partial charge < -0.3 is 4.74 Å². The fraction of sp³-hybridized carbons (Fsp3) is 0.375. The van der Waals surface area contributed by atoms with Crippen molar-refractivity contribution in [3.8, 4) is 0 Å². The maximum absolute atomic E-state index is 12.4. The van der Waals surface area contributed by atoms with E-state index in [0.717, 1.165) is 12.8 Å². The van der Waals surface area contributed by atoms with Gasteiger partial charge in [-0.1, -0.05) is 24.9 Å². The van der Waals surface area contributed by atoms with E-state index in [2.05, 4.69) is 17.0 Å². The van der Waals surface area contributed by atoms with Crippen molar-refractivity contribution >= 4 is 33.9 Å². The Kier molecular flexibility index (Phi) is 5.19. The summed E-state index contributed by atoms with van der Waals surface area (Å²) in [6, 6.07) is 1.35. The summed E-state index contributed by atoms with van der Waals surface area (Å²) in [6.07, 6.45) is 3.57. The first-order valence-electron chi connectivity index (χ1n) is 7.87. The van der Waals surface area contributed by atoms with Crippen molar-refractivity contribution in [2.75, 3.05) is 0 Å². The second-order valence-corrected chi connectivity index (χ2v) is 6.78. The van der Waals surface area contributed by atoms with Crippen molar-refractivity contribution in [2.45, 2.75) is 39.8 Å². The molecule has 0 saturated heterocycles. The van der Waals surface area contributed by atoms with Gasteiger partial charge >= 0.3 is 5.97 Å². The standard InChI is InChI=1S/C16H17ClN4O3S/c1-3-4-5-21-14(17)13(10(2)19-21)15(23)24-9-11-8-12(22)20-6-7-25-16(20)18-11/h6-8H,3-5,9H2,1-2H3. The average Bonchev–Trinajstić information content (AvgIpc) is 3.15. The zero-order valence-electron chi connectivity index (χ0n) is 13.9. The monoisotopic (exact) mass is 380 g/mol. The normalized spacial score (nSPS) is 11.2. The van der Waals surface area contributed by atoms with Gasteiger partial charge in [-0.3, -0.25) is 13.9 Å². The molecule has 7 nitrogen and oxygen atoms in total. The van der Waals surface area contributed by atoms with E-state index in [0.29, 0.717) is 22.9 Å². The van der Waals surface area contributed by atoms with Crippen LogP contribution < -0.4 is 5.56 Å². The molecule has 0 aliphatic rings. The third-order valence-corrected chi connectivity index (χ3v) is 4.84. The van der Waals surface area contributed by atoms with Gasteiger partial charge in [0.2, 0.25) is 0 Å². The molecule has 0 spiro atoms. The molecule has 0 fully saturated rings. The molecule has 0 bridgehead atoms. The Morgan fingerprint density at radius 1 is 1.44 bits per heavy atom. The second kappa shape index (κ2) is 7.37. The topological polar surface area (TPSA) is 78.5 Å². The molecule has 25 heavy (non-hydrogen) atoms. The molecule has 0 aliphatic carbocycles. The number of rotatable bonds is 6. The van der Waals surface area contributed by atoms with E-state index in [9.17, 15) is 9.59 Å². The van der Waals surface area contributed by atoms with Crippen molar-refractivity contribution in [1.29, 1.82) is 0 Å². The van der Waals surface area contributed by atoms with Gasteiger partial charge in [0.15, 0.2) is 4.96 Å². The molecular formula is C16H17ClN4O3S. The number of nitrogens with zero attached hydrogens (tertiary/aromatic N) is 4. The third kappa shape index (κ3) is 3.59. The van der Waals surface area contributed by atoms with Crippen LogP contribution in [0.5, 0.6) is 0 Å². The fourth-order valence-electron chi connectivity index (χ4n) is 2.41. The van der Waals surface area contributed by atoms with E-state index < -0.39 is 5.97 Å². The minimum absolute atomic E-state index is 0.0988. The summed E-state index contributed by atoms with van der Waals surface area (Å²) >= 11 is 7.60. The van der Waals surface area contributed by atoms with Crippen molar-refractivity contribution in [2.24, 2.45) is 0 Å². The predicted octanol–water partition coefficient (Wildman–Crippen LogP) is 3.07. The summed E-state index contributed by atoms with van der Waals surface area (Å²) < 4.78 is 8.34. The Labute approximate surface area is 152 Å². The minimum atomic E-state index is -0.571. The van der Waals surface area contributed by atoms with Gasteiger partial charge in [0, 0.05) is 24.2 Å². The molecule has 0 aliphatic heterocycles. The van der Waals surface area contributed by atoms with Crippen LogP contribution in [0.1, 0.15) is 41.5 Å². The first kappa shape index (κ1) is 17.6. The summed E-state index contributed by atoms with van der Waals surface area (Å²) in [4.78, 5) is 29.2. The van der Waals surface area contributed by atoms with Crippen LogP contribution >= 0.6 is 22.9 Å². The number of esters is 1. The number of hydrogen-bond donors (Lipinski definition) is 0. The summed E-state index contributed by atoms with van der Waals surface area (Å²) in [5, 5.41) is 6.34. The number of hydrogen-bond acceptors (Lipinski definition) is 6. The summed E-state index contributed by atoms with van der Waals surface area (Å²) in [6.45, 7) is 4.34. The zero-order chi connectivity index (χ0) is 18.0. The zero-order valence-corrected chi connectivity index (χ0v) is 15.4. The van der Waals surface area contributed by atoms with Gasteiger partial charge in [0.1, 0.15) is 17.3 Å². The van der Waals surface area contributed by atoms with Crippen LogP contribution in [0.2, 0.25) is 5.15 Å². The number of aromatic nitrogens is 4. The van der Waals surface area contributed by atoms with E-state index in [-0.39, 0.29) is 22.9 Å². The van der Waals surface area contributed by atoms with Gasteiger partial charge in [0.05, 0.1) is 11.4 Å². The Balaban J connectivity index is 1.75. The fourth-order valence-corrected chi connectivity index (χ4v) is 3.49. The number of aryl methyl sites for hydroxylation is 2. The molecule has 3 heterocycles. The molecule has 0 unspecified atom stereocenters. The lowest BCUT2D eigenvalue weighted by atomic mass is 10.2. The molecule has 3 aromatic heterocycles. The lowest BCUT2D eigenvalue weighted by Gasteiger charge is -2.05. The molecule has 0 amide bonds. The Hall–Kier alpha value is -2.19. The highest BCUT2D eigenvalue weighted by atomic mass is 35.5. The van der Waals surface area contributed by atoms with E-state index in [1.165, 1.54) is 21.8 Å². The molecule has 9 heteroatoms. The quantitative estimate of drug-likeness (QED) is 0.614. The van der Waals surface area contributed by atoms with Crippen molar-refractivity contribution in [1.82, 2.24) is 19.2 Å². The maximum Gasteiger partial charge on any atom is 0.343 e.